The summed E-state index contributed by atoms with van der Waals surface area (Å²) in [7, 11) is 2.10. The fraction of sp³-hybridized carbons (Fsp3) is 0.258. The predicted octanol–water partition coefficient (Wildman–Crippen LogP) is 6.46. The summed E-state index contributed by atoms with van der Waals surface area (Å²) in [6.45, 7) is 5.34. The highest BCUT2D eigenvalue weighted by atomic mass is 35.5. The van der Waals surface area contributed by atoms with Crippen LogP contribution in [0.4, 0.5) is 13.2 Å². The molecular formula is C31H30ClF3N4O. The zero-order valence-corrected chi connectivity index (χ0v) is 22.8. The third kappa shape index (κ3) is 6.25. The van der Waals surface area contributed by atoms with Gasteiger partial charge in [0.2, 0.25) is 0 Å². The van der Waals surface area contributed by atoms with Gasteiger partial charge in [0.1, 0.15) is 0 Å². The highest BCUT2D eigenvalue weighted by molar-refractivity contribution is 6.30. The van der Waals surface area contributed by atoms with E-state index in [1.54, 1.807) is 71.3 Å². The van der Waals surface area contributed by atoms with Crippen LogP contribution in [-0.4, -0.2) is 66.6 Å². The molecule has 1 aliphatic rings. The summed E-state index contributed by atoms with van der Waals surface area (Å²) in [4.78, 5) is 17.4. The molecule has 0 bridgehead atoms. The largest absolute Gasteiger partial charge is 0.418 e. The number of halogens is 4. The van der Waals surface area contributed by atoms with Crippen LogP contribution in [0.3, 0.4) is 0 Å². The minimum Gasteiger partial charge on any atom is -0.351 e. The van der Waals surface area contributed by atoms with Crippen molar-refractivity contribution in [2.45, 2.75) is 6.18 Å². The third-order valence-corrected chi connectivity index (χ3v) is 7.48. The molecular weight excluding hydrogens is 537 g/mol. The lowest BCUT2D eigenvalue weighted by molar-refractivity contribution is -0.137. The van der Waals surface area contributed by atoms with E-state index in [2.05, 4.69) is 22.2 Å². The topological polar surface area (TPSA) is 40.5 Å². The molecule has 1 N–H and O–H groups in total. The summed E-state index contributed by atoms with van der Waals surface area (Å²) in [5.41, 5.74) is 2.35. The first kappa shape index (κ1) is 28.0. The summed E-state index contributed by atoms with van der Waals surface area (Å²) < 4.78 is 43.8. The molecule has 1 amide bonds. The number of aromatic nitrogens is 1. The molecule has 0 radical (unpaired) electrons. The molecule has 3 aromatic carbocycles. The minimum atomic E-state index is -4.54. The van der Waals surface area contributed by atoms with Crippen molar-refractivity contribution in [3.8, 4) is 28.2 Å². The number of nitrogens with zero attached hydrogens (tertiary/aromatic N) is 3. The van der Waals surface area contributed by atoms with E-state index in [4.69, 9.17) is 11.6 Å². The van der Waals surface area contributed by atoms with Gasteiger partial charge in [-0.05, 0) is 66.7 Å². The molecule has 0 spiro atoms. The normalized spacial score (nSPS) is 14.8. The Bertz CT molecular complexity index is 1460. The maximum absolute atomic E-state index is 14.1. The molecule has 0 atom stereocenters. The number of carbonyl (C=O) groups excluding carboxylic acids is 1. The molecule has 0 aliphatic carbocycles. The number of carbonyl (C=O) groups is 1. The van der Waals surface area contributed by atoms with E-state index in [1.165, 1.54) is 12.1 Å². The van der Waals surface area contributed by atoms with Gasteiger partial charge < -0.3 is 14.8 Å². The fourth-order valence-corrected chi connectivity index (χ4v) is 5.10. The average molecular weight is 567 g/mol. The zero-order valence-electron chi connectivity index (χ0n) is 22.1. The van der Waals surface area contributed by atoms with Crippen LogP contribution < -0.4 is 5.32 Å². The van der Waals surface area contributed by atoms with Crippen LogP contribution in [0.1, 0.15) is 15.9 Å². The van der Waals surface area contributed by atoms with Crippen molar-refractivity contribution < 1.29 is 18.0 Å². The van der Waals surface area contributed by atoms with Gasteiger partial charge in [0, 0.05) is 49.9 Å². The molecule has 1 aliphatic heterocycles. The van der Waals surface area contributed by atoms with Crippen molar-refractivity contribution in [2.75, 3.05) is 46.3 Å². The fourth-order valence-electron chi connectivity index (χ4n) is 4.97. The summed E-state index contributed by atoms with van der Waals surface area (Å²) in [6, 6.07) is 23.0. The Morgan fingerprint density at radius 1 is 0.825 bits per heavy atom. The standard InChI is InChI=1S/C31H30ClF3N4O/c1-37-18-20-38(21-19-37)17-16-36-30(40)24-8-6-22(7-9-24)27-14-15-28(23-10-12-25(32)13-11-23)39(27)29-5-3-2-4-26(29)31(33,34)35/h2-15H,16-21H2,1H3,(H,36,40). The van der Waals surface area contributed by atoms with Crippen molar-refractivity contribution in [2.24, 2.45) is 0 Å². The van der Waals surface area contributed by atoms with Gasteiger partial charge >= 0.3 is 6.18 Å². The SMILES string of the molecule is CN1CCN(CCNC(=O)c2ccc(-c3ccc(-c4ccc(Cl)cc4)n3-c3ccccc3C(F)(F)F)cc2)CC1. The Labute approximate surface area is 236 Å². The number of likely N-dealkylation sites (N-methyl/N-ethyl adjacent to an activating group) is 1. The summed E-state index contributed by atoms with van der Waals surface area (Å²) in [5, 5.41) is 3.51. The lowest BCUT2D eigenvalue weighted by atomic mass is 10.1. The monoisotopic (exact) mass is 566 g/mol. The molecule has 5 rings (SSSR count). The zero-order chi connectivity index (χ0) is 28.3. The lowest BCUT2D eigenvalue weighted by Gasteiger charge is -2.32. The van der Waals surface area contributed by atoms with Crippen LogP contribution in [0.25, 0.3) is 28.2 Å². The first-order valence-electron chi connectivity index (χ1n) is 13.1. The highest BCUT2D eigenvalue weighted by Gasteiger charge is 2.34. The number of piperazine rings is 1. The van der Waals surface area contributed by atoms with Gasteiger partial charge in [-0.3, -0.25) is 9.69 Å². The average Bonchev–Trinajstić information content (AvgIpc) is 3.39. The Hall–Kier alpha value is -3.59. The van der Waals surface area contributed by atoms with Gasteiger partial charge in [-0.1, -0.05) is 48.0 Å². The molecule has 1 saturated heterocycles. The van der Waals surface area contributed by atoms with Crippen molar-refractivity contribution in [1.29, 1.82) is 0 Å². The van der Waals surface area contributed by atoms with Crippen molar-refractivity contribution in [1.82, 2.24) is 19.7 Å². The Morgan fingerprint density at radius 2 is 1.40 bits per heavy atom. The van der Waals surface area contributed by atoms with Crippen LogP contribution >= 0.6 is 11.6 Å². The van der Waals surface area contributed by atoms with Gasteiger partial charge in [-0.2, -0.15) is 13.2 Å². The first-order chi connectivity index (χ1) is 19.2. The second-order valence-corrected chi connectivity index (χ2v) is 10.4. The minimum absolute atomic E-state index is 0.0191. The highest BCUT2D eigenvalue weighted by Crippen LogP contribution is 2.39. The smallest absolute Gasteiger partial charge is 0.351 e. The number of amides is 1. The summed E-state index contributed by atoms with van der Waals surface area (Å²) >= 11 is 6.07. The van der Waals surface area contributed by atoms with E-state index >= 15 is 0 Å². The van der Waals surface area contributed by atoms with E-state index in [9.17, 15) is 18.0 Å². The van der Waals surface area contributed by atoms with Gasteiger partial charge in [0.15, 0.2) is 0 Å². The predicted molar refractivity (Wildman–Crippen MR) is 153 cm³/mol. The number of alkyl halides is 3. The van der Waals surface area contributed by atoms with E-state index in [1.807, 2.05) is 0 Å². The number of benzene rings is 3. The quantitative estimate of drug-likeness (QED) is 0.279. The molecule has 0 saturated carbocycles. The Balaban J connectivity index is 1.42. The molecule has 0 unspecified atom stereocenters. The summed E-state index contributed by atoms with van der Waals surface area (Å²) in [5.74, 6) is -0.180. The van der Waals surface area contributed by atoms with Crippen LogP contribution in [0.2, 0.25) is 5.02 Å². The lowest BCUT2D eigenvalue weighted by Crippen LogP contribution is -2.46. The third-order valence-electron chi connectivity index (χ3n) is 7.22. The number of rotatable bonds is 7. The number of hydrogen-bond acceptors (Lipinski definition) is 3. The molecule has 2 heterocycles. The van der Waals surface area contributed by atoms with E-state index in [0.717, 1.165) is 44.4 Å². The molecule has 1 fully saturated rings. The molecule has 208 valence electrons. The molecule has 4 aromatic rings. The van der Waals surface area contributed by atoms with Crippen molar-refractivity contribution >= 4 is 17.5 Å². The second-order valence-electron chi connectivity index (χ2n) is 9.94. The molecule has 5 nitrogen and oxygen atoms in total. The molecule has 40 heavy (non-hydrogen) atoms. The molecule has 1 aromatic heterocycles. The van der Waals surface area contributed by atoms with Crippen molar-refractivity contribution in [3.05, 3.63) is 101 Å². The van der Waals surface area contributed by atoms with Crippen LogP contribution in [0.5, 0.6) is 0 Å². The Morgan fingerprint density at radius 3 is 2.00 bits per heavy atom. The number of para-hydroxylation sites is 1. The van der Waals surface area contributed by atoms with Gasteiger partial charge in [0.25, 0.3) is 5.91 Å². The summed E-state index contributed by atoms with van der Waals surface area (Å²) in [6.07, 6.45) is -4.54. The van der Waals surface area contributed by atoms with Gasteiger partial charge in [-0.15, -0.1) is 0 Å². The maximum Gasteiger partial charge on any atom is 0.418 e. The first-order valence-corrected chi connectivity index (χ1v) is 13.5. The molecule has 9 heteroatoms. The van der Waals surface area contributed by atoms with Crippen LogP contribution in [-0.2, 0) is 6.18 Å². The van der Waals surface area contributed by atoms with E-state index in [0.29, 0.717) is 34.1 Å². The number of nitrogens with one attached hydrogen (secondary N) is 1. The van der Waals surface area contributed by atoms with Gasteiger partial charge in [-0.25, -0.2) is 0 Å². The number of hydrogen-bond donors (Lipinski definition) is 1. The van der Waals surface area contributed by atoms with Crippen molar-refractivity contribution in [3.63, 3.8) is 0 Å². The maximum atomic E-state index is 14.1. The van der Waals surface area contributed by atoms with E-state index in [-0.39, 0.29) is 11.6 Å². The van der Waals surface area contributed by atoms with Crippen LogP contribution in [0.15, 0.2) is 84.9 Å². The van der Waals surface area contributed by atoms with Crippen LogP contribution in [0, 0.1) is 0 Å². The Kier molecular flexibility index (Phi) is 8.30. The van der Waals surface area contributed by atoms with Gasteiger partial charge in [0.05, 0.1) is 22.6 Å². The second kappa shape index (κ2) is 11.9. The van der Waals surface area contributed by atoms with E-state index < -0.39 is 11.7 Å².